The van der Waals surface area contributed by atoms with E-state index in [2.05, 4.69) is 24.5 Å². The number of methoxy groups -OCH3 is 1. The van der Waals surface area contributed by atoms with Crippen LogP contribution in [0.3, 0.4) is 0 Å². The predicted octanol–water partition coefficient (Wildman–Crippen LogP) is -0.577. The van der Waals surface area contributed by atoms with Gasteiger partial charge >= 0.3 is 0 Å². The molecule has 0 aromatic heterocycles. The first kappa shape index (κ1) is 17.6. The molecule has 0 aromatic rings. The molecule has 0 radical (unpaired) electrons. The molecule has 5 atom stereocenters. The summed E-state index contributed by atoms with van der Waals surface area (Å²) in [5.74, 6) is -0.0606. The molecule has 22 heavy (non-hydrogen) atoms. The van der Waals surface area contributed by atoms with Crippen LogP contribution in [0, 0.1) is 0 Å². The molecule has 2 saturated heterocycles. The van der Waals surface area contributed by atoms with Crippen LogP contribution >= 0.6 is 0 Å². The largest absolute Gasteiger partial charge is 0.388 e. The van der Waals surface area contributed by atoms with Gasteiger partial charge in [0.1, 0.15) is 12.2 Å². The molecule has 7 nitrogen and oxygen atoms in total. The van der Waals surface area contributed by atoms with Gasteiger partial charge in [0.15, 0.2) is 0 Å². The van der Waals surface area contributed by atoms with Crippen molar-refractivity contribution in [3.63, 3.8) is 0 Å². The van der Waals surface area contributed by atoms with Crippen molar-refractivity contribution in [1.82, 2.24) is 10.6 Å². The van der Waals surface area contributed by atoms with Crippen molar-refractivity contribution in [2.24, 2.45) is 0 Å². The summed E-state index contributed by atoms with van der Waals surface area (Å²) in [4.78, 5) is 11.8. The van der Waals surface area contributed by atoms with Crippen LogP contribution in [0.2, 0.25) is 0 Å². The molecule has 2 fully saturated rings. The fourth-order valence-electron chi connectivity index (χ4n) is 2.93. The molecule has 0 aromatic carbocycles. The van der Waals surface area contributed by atoms with Gasteiger partial charge in [-0.2, -0.15) is 0 Å². The molecule has 5 unspecified atom stereocenters. The molecule has 1 amide bonds. The van der Waals surface area contributed by atoms with Gasteiger partial charge in [0.05, 0.1) is 31.3 Å². The molecule has 2 aliphatic rings. The zero-order valence-electron chi connectivity index (χ0n) is 13.6. The molecule has 0 saturated carbocycles. The lowest BCUT2D eigenvalue weighted by molar-refractivity contribution is -0.124. The van der Waals surface area contributed by atoms with Gasteiger partial charge in [-0.05, 0) is 0 Å². The maximum Gasteiger partial charge on any atom is 0.222 e. The first-order chi connectivity index (χ1) is 10.5. The topological polar surface area (TPSA) is 89.1 Å². The second-order valence-corrected chi connectivity index (χ2v) is 6.27. The van der Waals surface area contributed by atoms with E-state index in [0.717, 1.165) is 0 Å². The summed E-state index contributed by atoms with van der Waals surface area (Å²) in [6, 6.07) is 0.348. The van der Waals surface area contributed by atoms with Crippen LogP contribution in [0.4, 0.5) is 0 Å². The van der Waals surface area contributed by atoms with E-state index in [0.29, 0.717) is 38.6 Å². The van der Waals surface area contributed by atoms with Crippen LogP contribution < -0.4 is 10.6 Å². The molecule has 2 rings (SSSR count). The number of hydrogen-bond acceptors (Lipinski definition) is 6. The highest BCUT2D eigenvalue weighted by atomic mass is 16.6. The minimum atomic E-state index is -0.641. The summed E-state index contributed by atoms with van der Waals surface area (Å²) in [5, 5.41) is 16.3. The summed E-state index contributed by atoms with van der Waals surface area (Å²) in [6.07, 6.45) is -0.571. The summed E-state index contributed by atoms with van der Waals surface area (Å²) in [7, 11) is 1.59. The fourth-order valence-corrected chi connectivity index (χ4v) is 2.93. The molecule has 7 heteroatoms. The Morgan fingerprint density at radius 1 is 1.41 bits per heavy atom. The summed E-state index contributed by atoms with van der Waals surface area (Å²) >= 11 is 0. The Balaban J connectivity index is 1.72. The molecular formula is C15H28N2O5. The number of hydrogen-bond donors (Lipinski definition) is 3. The third-order valence-electron chi connectivity index (χ3n) is 4.05. The van der Waals surface area contributed by atoms with E-state index in [-0.39, 0.29) is 30.3 Å². The normalized spacial score (nSPS) is 34.1. The first-order valence-electron chi connectivity index (χ1n) is 7.99. The van der Waals surface area contributed by atoms with Crippen molar-refractivity contribution in [2.45, 2.75) is 63.3 Å². The van der Waals surface area contributed by atoms with Crippen LogP contribution in [0.15, 0.2) is 0 Å². The molecule has 2 aliphatic heterocycles. The maximum atomic E-state index is 11.8. The van der Waals surface area contributed by atoms with Crippen molar-refractivity contribution in [3.8, 4) is 0 Å². The van der Waals surface area contributed by atoms with E-state index >= 15 is 0 Å². The average Bonchev–Trinajstić information content (AvgIpc) is 2.96. The minimum Gasteiger partial charge on any atom is -0.388 e. The van der Waals surface area contributed by atoms with Crippen LogP contribution in [0.25, 0.3) is 0 Å². The number of fused-ring (bicyclic) bond motifs is 1. The molecule has 128 valence electrons. The van der Waals surface area contributed by atoms with Gasteiger partial charge in [0, 0.05) is 32.7 Å². The summed E-state index contributed by atoms with van der Waals surface area (Å²) in [5.41, 5.74) is 0. The van der Waals surface area contributed by atoms with Crippen molar-refractivity contribution in [1.29, 1.82) is 0 Å². The quantitative estimate of drug-likeness (QED) is 0.519. The Morgan fingerprint density at radius 3 is 2.82 bits per heavy atom. The number of carbonyl (C=O) groups excluding carboxylic acids is 1. The van der Waals surface area contributed by atoms with Crippen LogP contribution in [0.5, 0.6) is 0 Å². The van der Waals surface area contributed by atoms with Gasteiger partial charge in [-0.1, -0.05) is 13.8 Å². The smallest absolute Gasteiger partial charge is 0.222 e. The lowest BCUT2D eigenvalue weighted by atomic mass is 10.1. The second kappa shape index (κ2) is 8.21. The van der Waals surface area contributed by atoms with Crippen LogP contribution in [-0.4, -0.2) is 74.4 Å². The highest BCUT2D eigenvalue weighted by Gasteiger charge is 2.50. The number of amides is 1. The lowest BCUT2D eigenvalue weighted by Crippen LogP contribution is -2.41. The van der Waals surface area contributed by atoms with E-state index in [9.17, 15) is 9.90 Å². The Kier molecular flexibility index (Phi) is 6.58. The monoisotopic (exact) mass is 316 g/mol. The first-order valence-corrected chi connectivity index (χ1v) is 7.99. The Bertz CT molecular complexity index is 366. The van der Waals surface area contributed by atoms with E-state index in [1.54, 1.807) is 7.11 Å². The van der Waals surface area contributed by atoms with Gasteiger partial charge in [0.2, 0.25) is 5.91 Å². The number of aliphatic hydroxyl groups excluding tert-OH is 1. The van der Waals surface area contributed by atoms with E-state index in [4.69, 9.17) is 14.2 Å². The van der Waals surface area contributed by atoms with Crippen molar-refractivity contribution in [2.75, 3.05) is 26.8 Å². The van der Waals surface area contributed by atoms with Gasteiger partial charge in [-0.25, -0.2) is 0 Å². The molecule has 2 heterocycles. The maximum absolute atomic E-state index is 11.8. The zero-order chi connectivity index (χ0) is 16.1. The number of ether oxygens (including phenoxy) is 3. The summed E-state index contributed by atoms with van der Waals surface area (Å²) < 4.78 is 16.6. The van der Waals surface area contributed by atoms with Crippen molar-refractivity contribution in [3.05, 3.63) is 0 Å². The number of rotatable bonds is 8. The highest BCUT2D eigenvalue weighted by Crippen LogP contribution is 2.35. The number of nitrogens with one attached hydrogen (secondary N) is 2. The molecule has 3 N–H and O–H groups in total. The average molecular weight is 316 g/mol. The molecule has 0 spiro atoms. The van der Waals surface area contributed by atoms with E-state index in [1.165, 1.54) is 0 Å². The lowest BCUT2D eigenvalue weighted by Gasteiger charge is -2.21. The standard InChI is InChI=1S/C15H28N2O5/c1-9(2)17-8-12-14(19)15-11(22-12)6-10(21-15)7-13(18)16-4-5-20-3/h9-12,14-15,17,19H,4-8H2,1-3H3,(H,16,18). The second-order valence-electron chi connectivity index (χ2n) is 6.27. The van der Waals surface area contributed by atoms with Crippen molar-refractivity contribution < 1.29 is 24.1 Å². The van der Waals surface area contributed by atoms with E-state index in [1.807, 2.05) is 0 Å². The Hall–Kier alpha value is -0.730. The van der Waals surface area contributed by atoms with Crippen molar-refractivity contribution >= 4 is 5.91 Å². The highest BCUT2D eigenvalue weighted by molar-refractivity contribution is 5.76. The Labute approximate surface area is 131 Å². The third kappa shape index (κ3) is 4.63. The van der Waals surface area contributed by atoms with Crippen LogP contribution in [-0.2, 0) is 19.0 Å². The fraction of sp³-hybridized carbons (Fsp3) is 0.933. The molecular weight excluding hydrogens is 288 g/mol. The predicted molar refractivity (Wildman–Crippen MR) is 80.6 cm³/mol. The number of aliphatic hydroxyl groups is 1. The van der Waals surface area contributed by atoms with Gasteiger partial charge in [-0.3, -0.25) is 4.79 Å². The van der Waals surface area contributed by atoms with Gasteiger partial charge in [0.25, 0.3) is 0 Å². The number of carbonyl (C=O) groups is 1. The third-order valence-corrected chi connectivity index (χ3v) is 4.05. The van der Waals surface area contributed by atoms with Crippen LogP contribution in [0.1, 0.15) is 26.7 Å². The SMILES string of the molecule is COCCNC(=O)CC1CC2OC(CNC(C)C)C(O)C2O1. The van der Waals surface area contributed by atoms with E-state index < -0.39 is 6.10 Å². The molecule has 0 aliphatic carbocycles. The Morgan fingerprint density at radius 2 is 2.18 bits per heavy atom. The molecule has 0 bridgehead atoms. The zero-order valence-corrected chi connectivity index (χ0v) is 13.6. The van der Waals surface area contributed by atoms with Gasteiger partial charge in [-0.15, -0.1) is 0 Å². The summed E-state index contributed by atoms with van der Waals surface area (Å²) in [6.45, 7) is 5.71. The minimum absolute atomic E-state index is 0.0606. The van der Waals surface area contributed by atoms with Gasteiger partial charge < -0.3 is 30.0 Å².